The molecule has 0 spiro atoms. The Balaban J connectivity index is 2.72. The van der Waals surface area contributed by atoms with Crippen LogP contribution in [0.1, 0.15) is 6.42 Å². The van der Waals surface area contributed by atoms with Gasteiger partial charge in [0.2, 0.25) is 0 Å². The zero-order chi connectivity index (χ0) is 6.41. The normalized spacial score (nSPS) is 10.5. The topological polar surface area (TPSA) is 0 Å². The van der Waals surface area contributed by atoms with Gasteiger partial charge in [-0.15, -0.1) is 0 Å². The van der Waals surface area contributed by atoms with Gasteiger partial charge in [0.1, 0.15) is 0 Å². The van der Waals surface area contributed by atoms with E-state index in [2.05, 4.69) is 19.3 Å². The van der Waals surface area contributed by atoms with Crippen LogP contribution in [0.25, 0.3) is 0 Å². The standard InChI is InChI=1S/C6H16SSi/c1-7-5-4-6-8(2)3/h8H,4-6H2,1-3H3. The highest BCUT2D eigenvalue weighted by Gasteiger charge is 1.92. The molecule has 0 amide bonds. The minimum absolute atomic E-state index is 0.215. The van der Waals surface area contributed by atoms with Crippen molar-refractivity contribution >= 4 is 20.6 Å². The fourth-order valence-corrected chi connectivity index (χ4v) is 2.41. The summed E-state index contributed by atoms with van der Waals surface area (Å²) in [4.78, 5) is 0. The Morgan fingerprint density at radius 3 is 2.38 bits per heavy atom. The summed E-state index contributed by atoms with van der Waals surface area (Å²) < 4.78 is 0. The van der Waals surface area contributed by atoms with Gasteiger partial charge in [0, 0.05) is 8.80 Å². The summed E-state index contributed by atoms with van der Waals surface area (Å²) >= 11 is 1.97. The van der Waals surface area contributed by atoms with Crippen molar-refractivity contribution in [3.8, 4) is 0 Å². The molecule has 0 N–H and O–H groups in total. The zero-order valence-electron chi connectivity index (χ0n) is 6.11. The van der Waals surface area contributed by atoms with Crippen LogP contribution in [0, 0.1) is 0 Å². The molecule has 0 aromatic carbocycles. The molecular formula is C6H16SSi. The summed E-state index contributed by atoms with van der Waals surface area (Å²) in [5.74, 6) is 1.37. The predicted octanol–water partition coefficient (Wildman–Crippen LogP) is 2.23. The first-order valence-corrected chi connectivity index (χ1v) is 7.78. The molecule has 0 aliphatic heterocycles. The molecule has 0 rings (SSSR count). The second-order valence-electron chi connectivity index (χ2n) is 2.53. The van der Waals surface area contributed by atoms with Crippen LogP contribution in [0.4, 0.5) is 0 Å². The first-order valence-electron chi connectivity index (χ1n) is 3.26. The van der Waals surface area contributed by atoms with Gasteiger partial charge < -0.3 is 0 Å². The van der Waals surface area contributed by atoms with E-state index in [4.69, 9.17) is 0 Å². The summed E-state index contributed by atoms with van der Waals surface area (Å²) in [6, 6.07) is 1.53. The molecule has 0 unspecified atom stereocenters. The van der Waals surface area contributed by atoms with Crippen molar-refractivity contribution in [3.63, 3.8) is 0 Å². The molecule has 0 nitrogen and oxygen atoms in total. The first-order chi connectivity index (χ1) is 3.77. The van der Waals surface area contributed by atoms with Gasteiger partial charge in [-0.1, -0.05) is 19.1 Å². The van der Waals surface area contributed by atoms with E-state index < -0.39 is 0 Å². The van der Waals surface area contributed by atoms with Gasteiger partial charge >= 0.3 is 0 Å². The molecule has 0 radical (unpaired) electrons. The lowest BCUT2D eigenvalue weighted by Gasteiger charge is -1.98. The zero-order valence-corrected chi connectivity index (χ0v) is 8.08. The Kier molecular flexibility index (Phi) is 6.10. The highest BCUT2D eigenvalue weighted by molar-refractivity contribution is 7.98. The number of hydrogen-bond donors (Lipinski definition) is 0. The molecule has 0 saturated heterocycles. The fourth-order valence-electron chi connectivity index (χ4n) is 0.636. The van der Waals surface area contributed by atoms with E-state index in [9.17, 15) is 0 Å². The SMILES string of the molecule is CSCCC[SiH](C)C. The Hall–Kier alpha value is 0.567. The van der Waals surface area contributed by atoms with Crippen molar-refractivity contribution in [2.75, 3.05) is 12.0 Å². The molecule has 2 heteroatoms. The number of hydrogen-bond acceptors (Lipinski definition) is 1. The molecule has 0 atom stereocenters. The van der Waals surface area contributed by atoms with Gasteiger partial charge in [-0.05, 0) is 18.4 Å². The maximum absolute atomic E-state index is 2.42. The average Bonchev–Trinajstić information content (AvgIpc) is 1.66. The summed E-state index contributed by atoms with van der Waals surface area (Å²) in [6.45, 7) is 4.83. The second kappa shape index (κ2) is 5.70. The van der Waals surface area contributed by atoms with Crippen LogP contribution >= 0.6 is 11.8 Å². The third-order valence-corrected chi connectivity index (χ3v) is 3.39. The van der Waals surface area contributed by atoms with Gasteiger partial charge in [0.05, 0.1) is 0 Å². The quantitative estimate of drug-likeness (QED) is 0.435. The predicted molar refractivity (Wildman–Crippen MR) is 46.7 cm³/mol. The summed E-state index contributed by atoms with van der Waals surface area (Å²) in [7, 11) is -0.215. The molecule has 0 aliphatic rings. The smallest absolute Gasteiger partial charge is 0.0305 e. The molecule has 0 aromatic heterocycles. The van der Waals surface area contributed by atoms with Crippen LogP contribution in [-0.4, -0.2) is 20.8 Å². The van der Waals surface area contributed by atoms with Gasteiger partial charge in [0.15, 0.2) is 0 Å². The van der Waals surface area contributed by atoms with Crippen LogP contribution in [0.3, 0.4) is 0 Å². The average molecular weight is 148 g/mol. The lowest BCUT2D eigenvalue weighted by atomic mass is 10.6. The lowest BCUT2D eigenvalue weighted by Crippen LogP contribution is -1.98. The summed E-state index contributed by atoms with van der Waals surface area (Å²) in [5.41, 5.74) is 0. The maximum Gasteiger partial charge on any atom is 0.0305 e. The third-order valence-electron chi connectivity index (χ3n) is 1.13. The van der Waals surface area contributed by atoms with E-state index in [-0.39, 0.29) is 8.80 Å². The van der Waals surface area contributed by atoms with Crippen molar-refractivity contribution in [1.82, 2.24) is 0 Å². The number of thioether (sulfide) groups is 1. The van der Waals surface area contributed by atoms with Crippen molar-refractivity contribution < 1.29 is 0 Å². The van der Waals surface area contributed by atoms with Crippen LogP contribution in [0.2, 0.25) is 19.1 Å². The van der Waals surface area contributed by atoms with Crippen molar-refractivity contribution in [1.29, 1.82) is 0 Å². The van der Waals surface area contributed by atoms with Gasteiger partial charge in [-0.2, -0.15) is 11.8 Å². The molecule has 0 aliphatic carbocycles. The van der Waals surface area contributed by atoms with Crippen LogP contribution in [0.15, 0.2) is 0 Å². The summed E-state index contributed by atoms with van der Waals surface area (Å²) in [5, 5.41) is 0. The lowest BCUT2D eigenvalue weighted by molar-refractivity contribution is 1.08. The highest BCUT2D eigenvalue weighted by atomic mass is 32.2. The second-order valence-corrected chi connectivity index (χ2v) is 6.88. The molecule has 0 saturated carbocycles. The van der Waals surface area contributed by atoms with E-state index in [1.807, 2.05) is 11.8 Å². The van der Waals surface area contributed by atoms with E-state index >= 15 is 0 Å². The Labute approximate surface area is 58.7 Å². The molecule has 0 aromatic rings. The minimum Gasteiger partial charge on any atom is -0.165 e. The number of rotatable bonds is 4. The van der Waals surface area contributed by atoms with Crippen LogP contribution in [-0.2, 0) is 0 Å². The van der Waals surface area contributed by atoms with Gasteiger partial charge in [0.25, 0.3) is 0 Å². The monoisotopic (exact) mass is 148 g/mol. The first kappa shape index (κ1) is 8.57. The van der Waals surface area contributed by atoms with Gasteiger partial charge in [-0.25, -0.2) is 0 Å². The third kappa shape index (κ3) is 6.57. The highest BCUT2D eigenvalue weighted by Crippen LogP contribution is 2.02. The van der Waals surface area contributed by atoms with E-state index in [1.54, 1.807) is 0 Å². The Morgan fingerprint density at radius 2 is 2.00 bits per heavy atom. The molecule has 0 fully saturated rings. The molecule has 0 bridgehead atoms. The van der Waals surface area contributed by atoms with Crippen molar-refractivity contribution in [2.24, 2.45) is 0 Å². The van der Waals surface area contributed by atoms with Crippen molar-refractivity contribution in [3.05, 3.63) is 0 Å². The minimum atomic E-state index is -0.215. The largest absolute Gasteiger partial charge is 0.165 e. The molecule has 50 valence electrons. The maximum atomic E-state index is 2.42. The molecular weight excluding hydrogens is 132 g/mol. The Bertz CT molecular complexity index is 45.8. The van der Waals surface area contributed by atoms with E-state index in [0.29, 0.717) is 0 Å². The fraction of sp³-hybridized carbons (Fsp3) is 1.00. The molecule has 0 heterocycles. The van der Waals surface area contributed by atoms with Crippen molar-refractivity contribution in [2.45, 2.75) is 25.6 Å². The van der Waals surface area contributed by atoms with Gasteiger partial charge in [-0.3, -0.25) is 0 Å². The van der Waals surface area contributed by atoms with Crippen LogP contribution < -0.4 is 0 Å². The Morgan fingerprint density at radius 1 is 1.38 bits per heavy atom. The molecule has 8 heavy (non-hydrogen) atoms. The van der Waals surface area contributed by atoms with E-state index in [0.717, 1.165) is 0 Å². The van der Waals surface area contributed by atoms with Crippen LogP contribution in [0.5, 0.6) is 0 Å². The summed E-state index contributed by atoms with van der Waals surface area (Å²) in [6.07, 6.45) is 3.63. The van der Waals surface area contributed by atoms with E-state index in [1.165, 1.54) is 18.2 Å².